The fourth-order valence-electron chi connectivity index (χ4n) is 9.56. The lowest BCUT2D eigenvalue weighted by molar-refractivity contribution is 0.441. The minimum Gasteiger partial charge on any atom is -0.456 e. The quantitative estimate of drug-likeness (QED) is 0.184. The van der Waals surface area contributed by atoms with Crippen molar-refractivity contribution in [2.75, 3.05) is 4.90 Å². The molecule has 2 aliphatic carbocycles. The van der Waals surface area contributed by atoms with Crippen molar-refractivity contribution in [1.82, 2.24) is 0 Å². The maximum atomic E-state index is 6.91. The van der Waals surface area contributed by atoms with Gasteiger partial charge in [0.2, 0.25) is 0 Å². The molecule has 0 radical (unpaired) electrons. The molecule has 0 aromatic heterocycles. The first-order chi connectivity index (χ1) is 26.3. The average Bonchev–Trinajstić information content (AvgIpc) is 3.52. The highest BCUT2D eigenvalue weighted by atomic mass is 16.5. The van der Waals surface area contributed by atoms with Gasteiger partial charge in [-0.1, -0.05) is 140 Å². The van der Waals surface area contributed by atoms with Crippen LogP contribution in [0.25, 0.3) is 33.0 Å². The van der Waals surface area contributed by atoms with Crippen LogP contribution >= 0.6 is 0 Å². The predicted octanol–water partition coefficient (Wildman–Crippen LogP) is 13.3. The minimum absolute atomic E-state index is 0.561. The third-order valence-electron chi connectivity index (χ3n) is 11.9. The highest BCUT2D eigenvalue weighted by molar-refractivity contribution is 6.00. The van der Waals surface area contributed by atoms with Gasteiger partial charge >= 0.3 is 0 Å². The maximum Gasteiger partial charge on any atom is 0.140 e. The molecule has 1 unspecified atom stereocenters. The van der Waals surface area contributed by atoms with Crippen LogP contribution in [0.3, 0.4) is 0 Å². The van der Waals surface area contributed by atoms with E-state index in [0.717, 1.165) is 35.4 Å². The first-order valence-corrected chi connectivity index (χ1v) is 18.9. The molecule has 2 nitrogen and oxygen atoms in total. The largest absolute Gasteiger partial charge is 0.456 e. The Balaban J connectivity index is 1.20. The van der Waals surface area contributed by atoms with Gasteiger partial charge in [-0.3, -0.25) is 0 Å². The third kappa shape index (κ3) is 4.45. The van der Waals surface area contributed by atoms with Crippen LogP contribution in [0.15, 0.2) is 176 Å². The number of hydrogen-bond acceptors (Lipinski definition) is 2. The number of aryl methyl sites for hydroxylation is 2. The average molecular weight is 680 g/mol. The van der Waals surface area contributed by atoms with E-state index >= 15 is 0 Å². The monoisotopic (exact) mass is 679 g/mol. The molecule has 0 fully saturated rings. The molecule has 53 heavy (non-hydrogen) atoms. The van der Waals surface area contributed by atoms with E-state index in [1.54, 1.807) is 0 Å². The molecule has 11 rings (SSSR count). The van der Waals surface area contributed by atoms with Crippen LogP contribution in [0.4, 0.5) is 17.1 Å². The molecule has 8 aromatic rings. The van der Waals surface area contributed by atoms with Crippen molar-refractivity contribution in [3.05, 3.63) is 209 Å². The van der Waals surface area contributed by atoms with Crippen LogP contribution in [0, 0.1) is 0 Å². The normalized spacial score (nSPS) is 16.2. The van der Waals surface area contributed by atoms with E-state index in [9.17, 15) is 0 Å². The number of anilines is 3. The van der Waals surface area contributed by atoms with Gasteiger partial charge in [0.05, 0.1) is 11.1 Å². The number of rotatable bonds is 4. The summed E-state index contributed by atoms with van der Waals surface area (Å²) < 4.78 is 6.91. The Labute approximate surface area is 310 Å². The molecule has 1 aliphatic heterocycles. The zero-order valence-electron chi connectivity index (χ0n) is 29.4. The number of fused-ring (bicyclic) bond motifs is 12. The number of para-hydroxylation sites is 1. The van der Waals surface area contributed by atoms with Gasteiger partial charge in [-0.05, 0) is 106 Å². The van der Waals surface area contributed by atoms with Gasteiger partial charge in [0.25, 0.3) is 0 Å². The standard InChI is InChI=1S/C51H37NO/c1-2-13-34(14-3-1)36-25-29-39(30-26-36)52(40-31-27-35-15-4-5-17-38(35)33-40)47-23-12-22-45-49(47)42-19-8-9-20-43(42)51(45)44-21-10-11-24-48(44)53-50-41-18-7-6-16-37(41)28-32-46(50)51/h1-3,6-14,16,18-33H,4-5,15,17H2. The lowest BCUT2D eigenvalue weighted by Gasteiger charge is -2.40. The Morgan fingerprint density at radius 3 is 2.06 bits per heavy atom. The van der Waals surface area contributed by atoms with Crippen LogP contribution < -0.4 is 9.64 Å². The van der Waals surface area contributed by atoms with Gasteiger partial charge in [0.1, 0.15) is 11.5 Å². The molecule has 1 heterocycles. The summed E-state index contributed by atoms with van der Waals surface area (Å²) in [6.07, 6.45) is 4.80. The summed E-state index contributed by atoms with van der Waals surface area (Å²) in [5, 5.41) is 2.31. The van der Waals surface area contributed by atoms with Crippen molar-refractivity contribution in [2.24, 2.45) is 0 Å². The van der Waals surface area contributed by atoms with E-state index in [1.807, 2.05) is 0 Å². The predicted molar refractivity (Wildman–Crippen MR) is 218 cm³/mol. The van der Waals surface area contributed by atoms with Crippen molar-refractivity contribution >= 4 is 27.8 Å². The van der Waals surface area contributed by atoms with Crippen LogP contribution in [0.1, 0.15) is 46.2 Å². The van der Waals surface area contributed by atoms with E-state index in [4.69, 9.17) is 4.74 Å². The highest BCUT2D eigenvalue weighted by Crippen LogP contribution is 2.64. The van der Waals surface area contributed by atoms with E-state index < -0.39 is 5.41 Å². The van der Waals surface area contributed by atoms with Crippen molar-refractivity contribution in [3.8, 4) is 33.8 Å². The van der Waals surface area contributed by atoms with Crippen LogP contribution in [-0.4, -0.2) is 0 Å². The first-order valence-electron chi connectivity index (χ1n) is 18.9. The zero-order valence-corrected chi connectivity index (χ0v) is 29.4. The van der Waals surface area contributed by atoms with E-state index in [0.29, 0.717) is 0 Å². The number of nitrogens with zero attached hydrogens (tertiary/aromatic N) is 1. The Morgan fingerprint density at radius 1 is 0.472 bits per heavy atom. The molecule has 3 aliphatic rings. The maximum absolute atomic E-state index is 6.91. The number of hydrogen-bond donors (Lipinski definition) is 0. The molecule has 0 bridgehead atoms. The Hall–Kier alpha value is -6.38. The van der Waals surface area contributed by atoms with Crippen LogP contribution in [-0.2, 0) is 18.3 Å². The Morgan fingerprint density at radius 2 is 1.17 bits per heavy atom. The Bertz CT molecular complexity index is 2710. The molecular weight excluding hydrogens is 643 g/mol. The van der Waals surface area contributed by atoms with Gasteiger partial charge < -0.3 is 9.64 Å². The topological polar surface area (TPSA) is 12.5 Å². The van der Waals surface area contributed by atoms with Crippen molar-refractivity contribution in [3.63, 3.8) is 0 Å². The fraction of sp³-hybridized carbons (Fsp3) is 0.0980. The fourth-order valence-corrected chi connectivity index (χ4v) is 9.56. The van der Waals surface area contributed by atoms with Gasteiger partial charge in [-0.25, -0.2) is 0 Å². The van der Waals surface area contributed by atoms with E-state index in [1.165, 1.54) is 85.2 Å². The molecule has 8 aromatic carbocycles. The summed E-state index contributed by atoms with van der Waals surface area (Å²) in [5.41, 5.74) is 15.8. The second kappa shape index (κ2) is 11.8. The minimum atomic E-state index is -0.561. The molecular formula is C51H37NO. The summed E-state index contributed by atoms with van der Waals surface area (Å²) in [6.45, 7) is 0. The van der Waals surface area contributed by atoms with E-state index in [2.05, 4.69) is 181 Å². The molecule has 2 heteroatoms. The van der Waals surface area contributed by atoms with Gasteiger partial charge in [0.15, 0.2) is 0 Å². The summed E-state index contributed by atoms with van der Waals surface area (Å²) in [5.74, 6) is 1.85. The second-order valence-corrected chi connectivity index (χ2v) is 14.7. The first kappa shape index (κ1) is 30.3. The summed E-state index contributed by atoms with van der Waals surface area (Å²) in [6, 6.07) is 64.9. The summed E-state index contributed by atoms with van der Waals surface area (Å²) in [4.78, 5) is 2.50. The molecule has 0 saturated carbocycles. The third-order valence-corrected chi connectivity index (χ3v) is 11.9. The van der Waals surface area contributed by atoms with Crippen molar-refractivity contribution < 1.29 is 4.74 Å². The van der Waals surface area contributed by atoms with Crippen molar-refractivity contribution in [1.29, 1.82) is 0 Å². The summed E-state index contributed by atoms with van der Waals surface area (Å²) >= 11 is 0. The number of benzene rings is 8. The lowest BCUT2D eigenvalue weighted by Crippen LogP contribution is -2.32. The molecule has 0 amide bonds. The van der Waals surface area contributed by atoms with Gasteiger partial charge in [-0.2, -0.15) is 0 Å². The SMILES string of the molecule is c1ccc(-c2ccc(N(c3ccc4c(c3)CCCC4)c3cccc4c3-c3ccccc3C43c4ccccc4Oc4c3ccc3ccccc43)cc2)cc1. The molecule has 252 valence electrons. The lowest BCUT2D eigenvalue weighted by atomic mass is 9.65. The molecule has 1 atom stereocenters. The molecule has 0 N–H and O–H groups in total. The Kier molecular flexibility index (Phi) is 6.76. The highest BCUT2D eigenvalue weighted by Gasteiger charge is 2.52. The van der Waals surface area contributed by atoms with Crippen molar-refractivity contribution in [2.45, 2.75) is 31.1 Å². The molecule has 1 spiro atoms. The van der Waals surface area contributed by atoms with E-state index in [-0.39, 0.29) is 0 Å². The van der Waals surface area contributed by atoms with Gasteiger partial charge in [-0.15, -0.1) is 0 Å². The van der Waals surface area contributed by atoms with Crippen LogP contribution in [0.5, 0.6) is 11.5 Å². The van der Waals surface area contributed by atoms with Crippen LogP contribution in [0.2, 0.25) is 0 Å². The smallest absolute Gasteiger partial charge is 0.140 e. The van der Waals surface area contributed by atoms with Gasteiger partial charge in [0, 0.05) is 33.5 Å². The number of ether oxygens (including phenoxy) is 1. The zero-order chi connectivity index (χ0) is 34.9. The molecule has 0 saturated heterocycles. The second-order valence-electron chi connectivity index (χ2n) is 14.7. The summed E-state index contributed by atoms with van der Waals surface area (Å²) in [7, 11) is 0.